The molecule has 0 aliphatic heterocycles. The van der Waals surface area contributed by atoms with Gasteiger partial charge in [0.15, 0.2) is 28.9 Å². The van der Waals surface area contributed by atoms with E-state index in [9.17, 15) is 4.39 Å². The van der Waals surface area contributed by atoms with Crippen molar-refractivity contribution in [3.05, 3.63) is 60.0 Å². The van der Waals surface area contributed by atoms with Gasteiger partial charge in [-0.3, -0.25) is 0 Å². The summed E-state index contributed by atoms with van der Waals surface area (Å²) in [5, 5.41) is 6.85. The fourth-order valence-electron chi connectivity index (χ4n) is 2.30. The van der Waals surface area contributed by atoms with Crippen LogP contribution in [0.15, 0.2) is 47.0 Å². The third-order valence-corrected chi connectivity index (χ3v) is 3.52. The molecule has 130 valence electrons. The Labute approximate surface area is 144 Å². The fourth-order valence-corrected chi connectivity index (χ4v) is 2.30. The third kappa shape index (κ3) is 3.88. The summed E-state index contributed by atoms with van der Waals surface area (Å²) in [6.45, 7) is 3.59. The molecule has 0 aliphatic carbocycles. The van der Waals surface area contributed by atoms with E-state index in [1.165, 1.54) is 13.2 Å². The van der Waals surface area contributed by atoms with Gasteiger partial charge in [-0.15, -0.1) is 0 Å². The van der Waals surface area contributed by atoms with Crippen LogP contribution in [-0.4, -0.2) is 17.3 Å². The highest BCUT2D eigenvalue weighted by atomic mass is 19.1. The Balaban J connectivity index is 1.74. The standard InChI is InChI=1S/C18H18FN3O3/c1-11(18-21-12(2)22-25-18)20-13-8-9-15(14(19)10-13)24-17-7-5-4-6-16(17)23-3/h4-11,20H,1-3H3. The topological polar surface area (TPSA) is 69.4 Å². The molecule has 1 unspecified atom stereocenters. The third-order valence-electron chi connectivity index (χ3n) is 3.52. The van der Waals surface area contributed by atoms with Crippen LogP contribution in [0.1, 0.15) is 24.7 Å². The molecule has 0 spiro atoms. The molecule has 1 heterocycles. The van der Waals surface area contributed by atoms with Crippen LogP contribution >= 0.6 is 0 Å². The van der Waals surface area contributed by atoms with Gasteiger partial charge in [0.25, 0.3) is 0 Å². The minimum absolute atomic E-state index is 0.108. The number of rotatable bonds is 6. The summed E-state index contributed by atoms with van der Waals surface area (Å²) >= 11 is 0. The van der Waals surface area contributed by atoms with Gasteiger partial charge in [-0.25, -0.2) is 4.39 Å². The lowest BCUT2D eigenvalue weighted by Crippen LogP contribution is -2.07. The number of ether oxygens (including phenoxy) is 2. The van der Waals surface area contributed by atoms with Crippen molar-refractivity contribution in [3.63, 3.8) is 0 Å². The van der Waals surface area contributed by atoms with E-state index in [1.54, 1.807) is 37.3 Å². The molecule has 0 saturated heterocycles. The zero-order valence-corrected chi connectivity index (χ0v) is 14.1. The highest BCUT2D eigenvalue weighted by Gasteiger charge is 2.14. The SMILES string of the molecule is COc1ccccc1Oc1ccc(NC(C)c2nc(C)no2)cc1F. The van der Waals surface area contributed by atoms with E-state index in [4.69, 9.17) is 14.0 Å². The second kappa shape index (κ2) is 7.21. The average Bonchev–Trinajstić information content (AvgIpc) is 3.04. The molecule has 3 aromatic rings. The zero-order chi connectivity index (χ0) is 17.8. The maximum atomic E-state index is 14.4. The molecule has 0 aliphatic rings. The number of aryl methyl sites for hydroxylation is 1. The minimum atomic E-state index is -0.496. The minimum Gasteiger partial charge on any atom is -0.493 e. The van der Waals surface area contributed by atoms with Gasteiger partial charge in [-0.05, 0) is 38.1 Å². The molecule has 1 N–H and O–H groups in total. The first-order valence-corrected chi connectivity index (χ1v) is 7.74. The van der Waals surface area contributed by atoms with Gasteiger partial charge < -0.3 is 19.3 Å². The summed E-state index contributed by atoms with van der Waals surface area (Å²) in [5.74, 6) is 1.58. The van der Waals surface area contributed by atoms with Crippen molar-refractivity contribution >= 4 is 5.69 Å². The monoisotopic (exact) mass is 343 g/mol. The number of para-hydroxylation sites is 2. The second-order valence-electron chi connectivity index (χ2n) is 5.44. The van der Waals surface area contributed by atoms with Crippen molar-refractivity contribution < 1.29 is 18.4 Å². The average molecular weight is 343 g/mol. The number of anilines is 1. The first kappa shape index (κ1) is 16.8. The number of halogens is 1. The molecule has 7 heteroatoms. The Bertz CT molecular complexity index is 866. The van der Waals surface area contributed by atoms with Crippen molar-refractivity contribution in [3.8, 4) is 17.2 Å². The van der Waals surface area contributed by atoms with E-state index >= 15 is 0 Å². The van der Waals surface area contributed by atoms with Crippen molar-refractivity contribution in [1.29, 1.82) is 0 Å². The van der Waals surface area contributed by atoms with Crippen LogP contribution in [0.5, 0.6) is 17.2 Å². The van der Waals surface area contributed by atoms with Crippen molar-refractivity contribution in [1.82, 2.24) is 10.1 Å². The van der Waals surface area contributed by atoms with E-state index in [1.807, 2.05) is 13.0 Å². The summed E-state index contributed by atoms with van der Waals surface area (Å²) < 4.78 is 30.3. The molecule has 0 amide bonds. The molecule has 1 aromatic heterocycles. The van der Waals surface area contributed by atoms with Crippen LogP contribution in [0.3, 0.4) is 0 Å². The van der Waals surface area contributed by atoms with Crippen molar-refractivity contribution in [2.45, 2.75) is 19.9 Å². The first-order chi connectivity index (χ1) is 12.1. The number of hydrogen-bond donors (Lipinski definition) is 1. The normalized spacial score (nSPS) is 11.8. The molecule has 0 saturated carbocycles. The lowest BCUT2D eigenvalue weighted by molar-refractivity contribution is 0.364. The Hall–Kier alpha value is -3.09. The smallest absolute Gasteiger partial charge is 0.248 e. The zero-order valence-electron chi connectivity index (χ0n) is 14.1. The Morgan fingerprint density at radius 1 is 1.12 bits per heavy atom. The second-order valence-corrected chi connectivity index (χ2v) is 5.44. The van der Waals surface area contributed by atoms with E-state index in [-0.39, 0.29) is 11.8 Å². The molecule has 6 nitrogen and oxygen atoms in total. The molecule has 2 aromatic carbocycles. The van der Waals surface area contributed by atoms with Gasteiger partial charge >= 0.3 is 0 Å². The van der Waals surface area contributed by atoms with Crippen molar-refractivity contribution in [2.75, 3.05) is 12.4 Å². The predicted molar refractivity (Wildman–Crippen MR) is 90.5 cm³/mol. The van der Waals surface area contributed by atoms with Crippen LogP contribution in [-0.2, 0) is 0 Å². The van der Waals surface area contributed by atoms with Crippen LogP contribution in [0.4, 0.5) is 10.1 Å². The molecule has 3 rings (SSSR count). The van der Waals surface area contributed by atoms with E-state index in [0.29, 0.717) is 28.9 Å². The molecule has 0 bridgehead atoms. The van der Waals surface area contributed by atoms with Gasteiger partial charge in [0.2, 0.25) is 5.89 Å². The summed E-state index contributed by atoms with van der Waals surface area (Å²) in [6, 6.07) is 11.4. The number of nitrogens with one attached hydrogen (secondary N) is 1. The Morgan fingerprint density at radius 3 is 2.52 bits per heavy atom. The highest BCUT2D eigenvalue weighted by Crippen LogP contribution is 2.33. The predicted octanol–water partition coefficient (Wildman–Crippen LogP) is 4.49. The molecular weight excluding hydrogens is 325 g/mol. The van der Waals surface area contributed by atoms with Crippen molar-refractivity contribution in [2.24, 2.45) is 0 Å². The molecular formula is C18H18FN3O3. The highest BCUT2D eigenvalue weighted by molar-refractivity contribution is 5.50. The van der Waals surface area contributed by atoms with Gasteiger partial charge in [-0.1, -0.05) is 17.3 Å². The maximum absolute atomic E-state index is 14.4. The maximum Gasteiger partial charge on any atom is 0.248 e. The van der Waals surface area contributed by atoms with Gasteiger partial charge in [0.05, 0.1) is 7.11 Å². The number of methoxy groups -OCH3 is 1. The van der Waals surface area contributed by atoms with Crippen LogP contribution in [0, 0.1) is 12.7 Å². The summed E-state index contributed by atoms with van der Waals surface area (Å²) in [4.78, 5) is 4.15. The van der Waals surface area contributed by atoms with Gasteiger partial charge in [-0.2, -0.15) is 4.98 Å². The van der Waals surface area contributed by atoms with E-state index in [2.05, 4.69) is 15.5 Å². The van der Waals surface area contributed by atoms with E-state index < -0.39 is 5.82 Å². The Morgan fingerprint density at radius 2 is 1.88 bits per heavy atom. The number of hydrogen-bond acceptors (Lipinski definition) is 6. The molecule has 0 fully saturated rings. The number of nitrogens with zero attached hydrogens (tertiary/aromatic N) is 2. The molecule has 0 radical (unpaired) electrons. The fraction of sp³-hybridized carbons (Fsp3) is 0.222. The van der Waals surface area contributed by atoms with E-state index in [0.717, 1.165) is 0 Å². The lowest BCUT2D eigenvalue weighted by Gasteiger charge is -2.14. The van der Waals surface area contributed by atoms with Crippen LogP contribution in [0.2, 0.25) is 0 Å². The van der Waals surface area contributed by atoms with Crippen LogP contribution < -0.4 is 14.8 Å². The number of benzene rings is 2. The molecule has 25 heavy (non-hydrogen) atoms. The first-order valence-electron chi connectivity index (χ1n) is 7.74. The van der Waals surface area contributed by atoms with Gasteiger partial charge in [0.1, 0.15) is 6.04 Å². The van der Waals surface area contributed by atoms with Gasteiger partial charge in [0, 0.05) is 11.8 Å². The Kier molecular flexibility index (Phi) is 4.83. The quantitative estimate of drug-likeness (QED) is 0.711. The number of aromatic nitrogens is 2. The summed E-state index contributed by atoms with van der Waals surface area (Å²) in [5.41, 5.74) is 0.577. The molecule has 1 atom stereocenters. The summed E-state index contributed by atoms with van der Waals surface area (Å²) in [7, 11) is 1.53. The lowest BCUT2D eigenvalue weighted by atomic mass is 10.2. The van der Waals surface area contributed by atoms with Crippen LogP contribution in [0.25, 0.3) is 0 Å². The largest absolute Gasteiger partial charge is 0.493 e. The summed E-state index contributed by atoms with van der Waals surface area (Å²) in [6.07, 6.45) is 0.